The number of anilines is 1. The molecular formula is C21H28N2O2S. The van der Waals surface area contributed by atoms with E-state index in [0.29, 0.717) is 10.8 Å². The number of rotatable bonds is 2. The highest BCUT2D eigenvalue weighted by Crippen LogP contribution is 2.44. The predicted octanol–water partition coefficient (Wildman–Crippen LogP) is 5.16. The minimum atomic E-state index is -0.182. The molecule has 0 bridgehead atoms. The quantitative estimate of drug-likeness (QED) is 0.672. The Kier molecular flexibility index (Phi) is 4.72. The van der Waals surface area contributed by atoms with Crippen LogP contribution in [0.2, 0.25) is 0 Å². The third-order valence-corrected chi connectivity index (χ3v) is 6.53. The lowest BCUT2D eigenvalue weighted by atomic mass is 9.79. The van der Waals surface area contributed by atoms with Gasteiger partial charge in [0.1, 0.15) is 0 Å². The number of imide groups is 1. The summed E-state index contributed by atoms with van der Waals surface area (Å²) in [4.78, 5) is 28.9. The molecule has 0 radical (unpaired) electrons. The molecule has 0 aliphatic carbocycles. The summed E-state index contributed by atoms with van der Waals surface area (Å²) < 4.78 is 0. The number of hydrogen-bond donors (Lipinski definition) is 0. The third-order valence-electron chi connectivity index (χ3n) is 5.65. The first-order valence-corrected chi connectivity index (χ1v) is 10.00. The van der Waals surface area contributed by atoms with E-state index in [-0.39, 0.29) is 22.7 Å². The maximum atomic E-state index is 12.6. The predicted molar refractivity (Wildman–Crippen MR) is 110 cm³/mol. The Morgan fingerprint density at radius 2 is 1.92 bits per heavy atom. The molecule has 4 nitrogen and oxygen atoms in total. The topological polar surface area (TPSA) is 40.6 Å². The highest BCUT2D eigenvalue weighted by molar-refractivity contribution is 8.18. The molecule has 0 N–H and O–H groups in total. The van der Waals surface area contributed by atoms with Crippen LogP contribution in [0.4, 0.5) is 10.5 Å². The molecule has 0 saturated carbocycles. The Morgan fingerprint density at radius 3 is 2.50 bits per heavy atom. The lowest BCUT2D eigenvalue weighted by Gasteiger charge is -2.45. The van der Waals surface area contributed by atoms with Crippen LogP contribution in [0.5, 0.6) is 0 Å². The van der Waals surface area contributed by atoms with Crippen molar-refractivity contribution in [3.63, 3.8) is 0 Å². The maximum absolute atomic E-state index is 12.6. The summed E-state index contributed by atoms with van der Waals surface area (Å²) >= 11 is 1.04. The number of thioether (sulfide) groups is 1. The fourth-order valence-electron chi connectivity index (χ4n) is 3.96. The molecule has 3 rings (SSSR count). The second-order valence-corrected chi connectivity index (χ2v) is 9.38. The Hall–Kier alpha value is -1.75. The van der Waals surface area contributed by atoms with Gasteiger partial charge in [0.2, 0.25) is 0 Å². The zero-order valence-corrected chi connectivity index (χ0v) is 17.5. The van der Waals surface area contributed by atoms with E-state index in [1.165, 1.54) is 16.2 Å². The van der Waals surface area contributed by atoms with Crippen molar-refractivity contribution in [2.45, 2.75) is 65.5 Å². The first-order valence-electron chi connectivity index (χ1n) is 9.18. The lowest BCUT2D eigenvalue weighted by Crippen LogP contribution is -2.45. The molecule has 140 valence electrons. The van der Waals surface area contributed by atoms with Gasteiger partial charge < -0.3 is 4.90 Å². The number of carbonyl (C=O) groups is 2. The first kappa shape index (κ1) is 19.0. The van der Waals surface area contributed by atoms with Crippen molar-refractivity contribution in [3.05, 3.63) is 33.7 Å². The summed E-state index contributed by atoms with van der Waals surface area (Å²) in [6, 6.07) is 4.30. The van der Waals surface area contributed by atoms with E-state index in [4.69, 9.17) is 0 Å². The van der Waals surface area contributed by atoms with Gasteiger partial charge in [-0.05, 0) is 93.6 Å². The molecule has 2 amide bonds. The summed E-state index contributed by atoms with van der Waals surface area (Å²) in [6.07, 6.45) is 2.97. The van der Waals surface area contributed by atoms with Crippen LogP contribution in [0, 0.1) is 6.92 Å². The maximum Gasteiger partial charge on any atom is 0.293 e. The second kappa shape index (κ2) is 6.45. The smallest absolute Gasteiger partial charge is 0.293 e. The Labute approximate surface area is 160 Å². The van der Waals surface area contributed by atoms with Gasteiger partial charge in [-0.3, -0.25) is 14.5 Å². The Balaban J connectivity index is 2.03. The van der Waals surface area contributed by atoms with Crippen LogP contribution in [-0.4, -0.2) is 34.7 Å². The summed E-state index contributed by atoms with van der Waals surface area (Å²) in [5.74, 6) is 0.271. The molecule has 2 heterocycles. The molecule has 1 unspecified atom stereocenters. The molecule has 1 atom stereocenters. The molecule has 1 saturated heterocycles. The van der Waals surface area contributed by atoms with E-state index in [1.54, 1.807) is 0 Å². The number of nitrogens with zero attached hydrogens (tertiary/aromatic N) is 2. The van der Waals surface area contributed by atoms with Gasteiger partial charge in [0.25, 0.3) is 11.1 Å². The van der Waals surface area contributed by atoms with Gasteiger partial charge in [0.05, 0.1) is 4.91 Å². The number of carbonyl (C=O) groups excluding carboxylic acids is 2. The van der Waals surface area contributed by atoms with Crippen molar-refractivity contribution in [3.8, 4) is 0 Å². The van der Waals surface area contributed by atoms with Gasteiger partial charge in [0, 0.05) is 24.3 Å². The van der Waals surface area contributed by atoms with Gasteiger partial charge in [-0.2, -0.15) is 0 Å². The van der Waals surface area contributed by atoms with E-state index in [0.717, 1.165) is 29.3 Å². The number of benzene rings is 1. The molecule has 1 fully saturated rings. The van der Waals surface area contributed by atoms with E-state index in [1.807, 2.05) is 19.9 Å². The van der Waals surface area contributed by atoms with Gasteiger partial charge in [-0.1, -0.05) is 6.92 Å². The fourth-order valence-corrected chi connectivity index (χ4v) is 4.91. The molecule has 1 aromatic carbocycles. The minimum Gasteiger partial charge on any atom is -0.369 e. The zero-order chi connectivity index (χ0) is 19.4. The highest BCUT2D eigenvalue weighted by Gasteiger charge is 2.37. The van der Waals surface area contributed by atoms with Crippen molar-refractivity contribution in [2.24, 2.45) is 0 Å². The number of hydrogen-bond acceptors (Lipinski definition) is 4. The molecule has 5 heteroatoms. The fraction of sp³-hybridized carbons (Fsp3) is 0.524. The first-order chi connectivity index (χ1) is 12.0. The van der Waals surface area contributed by atoms with Crippen LogP contribution in [0.15, 0.2) is 17.0 Å². The van der Waals surface area contributed by atoms with Gasteiger partial charge >= 0.3 is 0 Å². The molecular weight excluding hydrogens is 344 g/mol. The monoisotopic (exact) mass is 372 g/mol. The van der Waals surface area contributed by atoms with E-state index in [9.17, 15) is 9.59 Å². The number of amides is 2. The lowest BCUT2D eigenvalue weighted by molar-refractivity contribution is -0.123. The summed E-state index contributed by atoms with van der Waals surface area (Å²) in [7, 11) is 2.15. The van der Waals surface area contributed by atoms with Gasteiger partial charge in [-0.15, -0.1) is 0 Å². The SMILES string of the molecule is Cc1cc2c(cc1/C=C1\SC(=O)N(C(C)C)C1=O)C(C)CC(C)(C)N2C. The molecule has 1 aromatic rings. The van der Waals surface area contributed by atoms with Crippen LogP contribution in [0.25, 0.3) is 6.08 Å². The minimum absolute atomic E-state index is 0.117. The second-order valence-electron chi connectivity index (χ2n) is 8.39. The molecule has 26 heavy (non-hydrogen) atoms. The van der Waals surface area contributed by atoms with E-state index < -0.39 is 0 Å². The van der Waals surface area contributed by atoms with E-state index in [2.05, 4.69) is 51.8 Å². The van der Waals surface area contributed by atoms with Crippen LogP contribution in [0.1, 0.15) is 63.6 Å². The summed E-state index contributed by atoms with van der Waals surface area (Å²) in [6.45, 7) is 12.6. The van der Waals surface area contributed by atoms with Crippen LogP contribution < -0.4 is 4.90 Å². The largest absolute Gasteiger partial charge is 0.369 e. The normalized spacial score (nSPS) is 24.0. The summed E-state index contributed by atoms with van der Waals surface area (Å²) in [5.41, 5.74) is 4.85. The number of aryl methyl sites for hydroxylation is 1. The molecule has 0 aromatic heterocycles. The standard InChI is InChI=1S/C21H28N2O2S/c1-12(2)23-19(24)18(26-20(23)25)10-15-9-16-14(4)11-21(5,6)22(7)17(16)8-13(15)3/h8-10,12,14H,11H2,1-7H3/b18-10-. The van der Waals surface area contributed by atoms with Gasteiger partial charge in [-0.25, -0.2) is 0 Å². The van der Waals surface area contributed by atoms with E-state index >= 15 is 0 Å². The Morgan fingerprint density at radius 1 is 1.27 bits per heavy atom. The van der Waals surface area contributed by atoms with Crippen molar-refractivity contribution in [1.82, 2.24) is 4.90 Å². The average molecular weight is 373 g/mol. The number of fused-ring (bicyclic) bond motifs is 1. The van der Waals surface area contributed by atoms with Crippen molar-refractivity contribution in [1.29, 1.82) is 0 Å². The van der Waals surface area contributed by atoms with Gasteiger partial charge in [0.15, 0.2) is 0 Å². The molecule has 2 aliphatic rings. The van der Waals surface area contributed by atoms with Crippen molar-refractivity contribution in [2.75, 3.05) is 11.9 Å². The Bertz CT molecular complexity index is 810. The van der Waals surface area contributed by atoms with Crippen LogP contribution in [0.3, 0.4) is 0 Å². The zero-order valence-electron chi connectivity index (χ0n) is 16.7. The highest BCUT2D eigenvalue weighted by atomic mass is 32.2. The summed E-state index contributed by atoms with van der Waals surface area (Å²) in [5, 5.41) is -0.179. The van der Waals surface area contributed by atoms with Crippen LogP contribution in [-0.2, 0) is 4.79 Å². The molecule has 2 aliphatic heterocycles. The average Bonchev–Trinajstić information content (AvgIpc) is 2.80. The van der Waals surface area contributed by atoms with Crippen molar-refractivity contribution < 1.29 is 9.59 Å². The van der Waals surface area contributed by atoms with Crippen molar-refractivity contribution >= 4 is 34.7 Å². The third kappa shape index (κ3) is 3.07. The molecule has 0 spiro atoms. The van der Waals surface area contributed by atoms with Crippen LogP contribution >= 0.6 is 11.8 Å².